The minimum atomic E-state index is -3.05. The molecule has 0 saturated heterocycles. The molecule has 8 nitrogen and oxygen atoms in total. The summed E-state index contributed by atoms with van der Waals surface area (Å²) >= 11 is 5.73. The number of nitrogens with one attached hydrogen (secondary N) is 2. The summed E-state index contributed by atoms with van der Waals surface area (Å²) in [7, 11) is 0. The van der Waals surface area contributed by atoms with Crippen LogP contribution in [-0.2, 0) is 11.3 Å². The standard InChI is InChI=1S/C18H15ClF2N6O2/c1-2-15(28)24-12-5-3-11(4-6-12)9-27-10-13(7-23-27)25-18-22-8-14(19)16(26-18)29-17(20)21/h2-8,10,17H,1,9H2,(H,24,28)(H,22,25,26). The quantitative estimate of drug-likeness (QED) is 0.538. The van der Waals surface area contributed by atoms with Crippen molar-refractivity contribution in [2.75, 3.05) is 10.6 Å². The lowest BCUT2D eigenvalue weighted by atomic mass is 10.2. The van der Waals surface area contributed by atoms with Crippen LogP contribution in [-0.4, -0.2) is 32.3 Å². The van der Waals surface area contributed by atoms with E-state index in [1.54, 1.807) is 23.0 Å². The Morgan fingerprint density at radius 3 is 2.72 bits per heavy atom. The van der Waals surface area contributed by atoms with Crippen LogP contribution in [0, 0.1) is 0 Å². The molecular weight excluding hydrogens is 406 g/mol. The van der Waals surface area contributed by atoms with Crippen molar-refractivity contribution in [2.24, 2.45) is 0 Å². The first-order valence-corrected chi connectivity index (χ1v) is 8.60. The molecule has 29 heavy (non-hydrogen) atoms. The molecule has 3 rings (SSSR count). The van der Waals surface area contributed by atoms with Crippen molar-refractivity contribution in [3.63, 3.8) is 0 Å². The first-order chi connectivity index (χ1) is 13.9. The summed E-state index contributed by atoms with van der Waals surface area (Å²) in [6.45, 7) is 0.823. The number of carbonyl (C=O) groups excluding carboxylic acids is 1. The molecular formula is C18H15ClF2N6O2. The summed E-state index contributed by atoms with van der Waals surface area (Å²) in [6, 6.07) is 7.24. The molecule has 2 N–H and O–H groups in total. The Morgan fingerprint density at radius 2 is 2.03 bits per heavy atom. The monoisotopic (exact) mass is 420 g/mol. The lowest BCUT2D eigenvalue weighted by Gasteiger charge is -2.07. The Morgan fingerprint density at radius 1 is 1.28 bits per heavy atom. The van der Waals surface area contributed by atoms with Gasteiger partial charge in [-0.05, 0) is 23.8 Å². The molecule has 0 fully saturated rings. The van der Waals surface area contributed by atoms with E-state index in [0.29, 0.717) is 17.9 Å². The average Bonchev–Trinajstić information content (AvgIpc) is 3.12. The fourth-order valence-electron chi connectivity index (χ4n) is 2.30. The largest absolute Gasteiger partial charge is 0.415 e. The van der Waals surface area contributed by atoms with Crippen molar-refractivity contribution >= 4 is 34.8 Å². The molecule has 0 saturated carbocycles. The van der Waals surface area contributed by atoms with Gasteiger partial charge in [-0.15, -0.1) is 0 Å². The summed E-state index contributed by atoms with van der Waals surface area (Å²) in [5.41, 5.74) is 2.15. The second kappa shape index (κ2) is 9.11. The van der Waals surface area contributed by atoms with Gasteiger partial charge in [0.05, 0.1) is 24.6 Å². The minimum Gasteiger partial charge on any atom is -0.415 e. The highest BCUT2D eigenvalue weighted by atomic mass is 35.5. The number of alkyl halides is 2. The van der Waals surface area contributed by atoms with Gasteiger partial charge < -0.3 is 15.4 Å². The average molecular weight is 421 g/mol. The Hall–Kier alpha value is -3.53. The van der Waals surface area contributed by atoms with Gasteiger partial charge in [-0.3, -0.25) is 9.48 Å². The number of amides is 1. The smallest absolute Gasteiger partial charge is 0.388 e. The van der Waals surface area contributed by atoms with E-state index in [1.807, 2.05) is 12.1 Å². The number of rotatable bonds is 8. The fourth-order valence-corrected chi connectivity index (χ4v) is 2.43. The molecule has 0 bridgehead atoms. The van der Waals surface area contributed by atoms with Crippen LogP contribution in [0.5, 0.6) is 5.88 Å². The third kappa shape index (κ3) is 5.72. The van der Waals surface area contributed by atoms with Crippen LogP contribution in [0.3, 0.4) is 0 Å². The minimum absolute atomic E-state index is 0.0342. The fraction of sp³-hybridized carbons (Fsp3) is 0.111. The van der Waals surface area contributed by atoms with Crippen LogP contribution >= 0.6 is 11.6 Å². The molecule has 11 heteroatoms. The van der Waals surface area contributed by atoms with Gasteiger partial charge in [-0.1, -0.05) is 30.3 Å². The van der Waals surface area contributed by atoms with E-state index in [-0.39, 0.29) is 16.9 Å². The Bertz CT molecular complexity index is 1010. The second-order valence-corrected chi connectivity index (χ2v) is 6.07. The summed E-state index contributed by atoms with van der Waals surface area (Å²) in [5, 5.41) is 9.60. The SMILES string of the molecule is C=CC(=O)Nc1ccc(Cn2cc(Nc3ncc(Cl)c(OC(F)F)n3)cn2)cc1. The third-order valence-electron chi connectivity index (χ3n) is 3.55. The van der Waals surface area contributed by atoms with E-state index < -0.39 is 12.5 Å². The lowest BCUT2D eigenvalue weighted by Crippen LogP contribution is -2.07. The van der Waals surface area contributed by atoms with E-state index in [2.05, 4.69) is 37.0 Å². The van der Waals surface area contributed by atoms with E-state index in [0.717, 1.165) is 11.8 Å². The molecule has 0 radical (unpaired) electrons. The van der Waals surface area contributed by atoms with Crippen molar-refractivity contribution < 1.29 is 18.3 Å². The second-order valence-electron chi connectivity index (χ2n) is 5.67. The van der Waals surface area contributed by atoms with Gasteiger partial charge in [0.1, 0.15) is 5.02 Å². The van der Waals surface area contributed by atoms with Crippen LogP contribution in [0.15, 0.2) is 55.5 Å². The molecule has 0 spiro atoms. The number of benzene rings is 1. The van der Waals surface area contributed by atoms with E-state index in [9.17, 15) is 13.6 Å². The predicted molar refractivity (Wildman–Crippen MR) is 104 cm³/mol. The van der Waals surface area contributed by atoms with Gasteiger partial charge in [0.2, 0.25) is 17.7 Å². The number of ether oxygens (including phenoxy) is 1. The molecule has 150 valence electrons. The number of carbonyl (C=O) groups is 1. The topological polar surface area (TPSA) is 94.0 Å². The first-order valence-electron chi connectivity index (χ1n) is 8.22. The molecule has 0 aliphatic heterocycles. The van der Waals surface area contributed by atoms with Crippen LogP contribution < -0.4 is 15.4 Å². The maximum atomic E-state index is 12.4. The van der Waals surface area contributed by atoms with Crippen molar-refractivity contribution in [3.05, 3.63) is 66.1 Å². The highest BCUT2D eigenvalue weighted by Gasteiger charge is 2.12. The zero-order chi connectivity index (χ0) is 20.8. The maximum Gasteiger partial charge on any atom is 0.388 e. The zero-order valence-corrected chi connectivity index (χ0v) is 15.6. The van der Waals surface area contributed by atoms with E-state index >= 15 is 0 Å². The Kier molecular flexibility index (Phi) is 6.35. The molecule has 1 amide bonds. The number of nitrogens with zero attached hydrogens (tertiary/aromatic N) is 4. The van der Waals surface area contributed by atoms with Crippen molar-refractivity contribution in [3.8, 4) is 5.88 Å². The Balaban J connectivity index is 1.64. The van der Waals surface area contributed by atoms with E-state index in [1.165, 1.54) is 12.3 Å². The van der Waals surface area contributed by atoms with Crippen LogP contribution in [0.2, 0.25) is 5.02 Å². The Labute approximate surface area is 169 Å². The highest BCUT2D eigenvalue weighted by Crippen LogP contribution is 2.24. The molecule has 3 aromatic rings. The van der Waals surface area contributed by atoms with Crippen molar-refractivity contribution in [2.45, 2.75) is 13.2 Å². The van der Waals surface area contributed by atoms with Gasteiger partial charge in [0.15, 0.2) is 0 Å². The molecule has 0 atom stereocenters. The molecule has 2 aromatic heterocycles. The molecule has 1 aromatic carbocycles. The third-order valence-corrected chi connectivity index (χ3v) is 3.81. The van der Waals surface area contributed by atoms with Crippen molar-refractivity contribution in [1.29, 1.82) is 0 Å². The summed E-state index contributed by atoms with van der Waals surface area (Å²) in [4.78, 5) is 19.0. The highest BCUT2D eigenvalue weighted by molar-refractivity contribution is 6.31. The summed E-state index contributed by atoms with van der Waals surface area (Å²) in [5.74, 6) is -0.672. The van der Waals surface area contributed by atoms with Gasteiger partial charge in [0.25, 0.3) is 0 Å². The molecule has 0 unspecified atom stereocenters. The first kappa shape index (κ1) is 20.2. The number of halogens is 3. The van der Waals surface area contributed by atoms with E-state index in [4.69, 9.17) is 11.6 Å². The zero-order valence-electron chi connectivity index (χ0n) is 14.8. The normalized spacial score (nSPS) is 10.6. The number of hydrogen-bond donors (Lipinski definition) is 2. The van der Waals surface area contributed by atoms with Crippen LogP contribution in [0.4, 0.5) is 26.1 Å². The number of aromatic nitrogens is 4. The van der Waals surface area contributed by atoms with Crippen LogP contribution in [0.25, 0.3) is 0 Å². The predicted octanol–water partition coefficient (Wildman–Crippen LogP) is 3.84. The molecule has 0 aliphatic carbocycles. The molecule has 2 heterocycles. The lowest BCUT2D eigenvalue weighted by molar-refractivity contribution is -0.111. The number of anilines is 3. The maximum absolute atomic E-state index is 12.4. The van der Waals surface area contributed by atoms with Gasteiger partial charge in [-0.2, -0.15) is 18.9 Å². The van der Waals surface area contributed by atoms with Gasteiger partial charge in [0, 0.05) is 11.9 Å². The summed E-state index contributed by atoms with van der Waals surface area (Å²) in [6.07, 6.45) is 5.58. The number of hydrogen-bond acceptors (Lipinski definition) is 6. The van der Waals surface area contributed by atoms with Gasteiger partial charge >= 0.3 is 6.61 Å². The van der Waals surface area contributed by atoms with Gasteiger partial charge in [-0.25, -0.2) is 4.98 Å². The summed E-state index contributed by atoms with van der Waals surface area (Å²) < 4.78 is 30.6. The molecule has 0 aliphatic rings. The van der Waals surface area contributed by atoms with Crippen molar-refractivity contribution in [1.82, 2.24) is 19.7 Å². The van der Waals surface area contributed by atoms with Crippen LogP contribution in [0.1, 0.15) is 5.56 Å².